The molecule has 0 aliphatic carbocycles. The van der Waals surface area contributed by atoms with E-state index in [0.29, 0.717) is 24.6 Å². The van der Waals surface area contributed by atoms with Crippen LogP contribution >= 0.6 is 0 Å². The largest absolute Gasteiger partial charge is 0.322 e. The lowest BCUT2D eigenvalue weighted by Gasteiger charge is -2.29. The third kappa shape index (κ3) is 4.10. The van der Waals surface area contributed by atoms with Crippen molar-refractivity contribution in [3.05, 3.63) is 34.9 Å². The number of hydrogen-bond acceptors (Lipinski definition) is 5. The minimum absolute atomic E-state index is 0.113. The van der Waals surface area contributed by atoms with Gasteiger partial charge < -0.3 is 15.5 Å². The maximum atomic E-state index is 12.8. The Kier molecular flexibility index (Phi) is 5.73. The second-order valence-electron chi connectivity index (χ2n) is 8.00. The molecule has 28 heavy (non-hydrogen) atoms. The summed E-state index contributed by atoms with van der Waals surface area (Å²) in [7, 11) is 0. The van der Waals surface area contributed by atoms with Crippen molar-refractivity contribution in [3.8, 4) is 0 Å². The Balaban J connectivity index is 1.32. The van der Waals surface area contributed by atoms with Crippen LogP contribution in [0.4, 0.5) is 0 Å². The van der Waals surface area contributed by atoms with Crippen molar-refractivity contribution >= 4 is 17.7 Å². The number of rotatable bonds is 6. The highest BCUT2D eigenvalue weighted by Gasteiger charge is 2.39. The van der Waals surface area contributed by atoms with Crippen molar-refractivity contribution in [2.75, 3.05) is 13.1 Å². The van der Waals surface area contributed by atoms with E-state index in [-0.39, 0.29) is 24.1 Å². The molecule has 2 unspecified atom stereocenters. The second kappa shape index (κ2) is 8.41. The van der Waals surface area contributed by atoms with Gasteiger partial charge in [0.15, 0.2) is 0 Å². The molecule has 3 aliphatic rings. The van der Waals surface area contributed by atoms with Gasteiger partial charge in [0.25, 0.3) is 5.91 Å². The number of imide groups is 1. The first-order chi connectivity index (χ1) is 13.6. The average Bonchev–Trinajstić information content (AvgIpc) is 3.02. The molecule has 1 aromatic rings. The molecular weight excluding hydrogens is 356 g/mol. The second-order valence-corrected chi connectivity index (χ2v) is 8.00. The van der Waals surface area contributed by atoms with Crippen LogP contribution in [-0.4, -0.2) is 47.8 Å². The predicted octanol–water partition coefficient (Wildman–Crippen LogP) is 1.07. The van der Waals surface area contributed by atoms with Crippen LogP contribution in [0.1, 0.15) is 60.0 Å². The highest BCUT2D eigenvalue weighted by molar-refractivity contribution is 6.05. The lowest BCUT2D eigenvalue weighted by molar-refractivity contribution is -0.136. The molecule has 0 bridgehead atoms. The summed E-state index contributed by atoms with van der Waals surface area (Å²) >= 11 is 0. The van der Waals surface area contributed by atoms with Crippen LogP contribution in [-0.2, 0) is 22.7 Å². The van der Waals surface area contributed by atoms with Crippen LogP contribution in [0.5, 0.6) is 0 Å². The molecular formula is C21H28N4O3. The van der Waals surface area contributed by atoms with Gasteiger partial charge in [-0.1, -0.05) is 18.6 Å². The van der Waals surface area contributed by atoms with Gasteiger partial charge in [-0.05, 0) is 56.0 Å². The Bertz CT molecular complexity index is 773. The van der Waals surface area contributed by atoms with Gasteiger partial charge in [-0.2, -0.15) is 0 Å². The first-order valence-corrected chi connectivity index (χ1v) is 10.3. The molecule has 3 N–H and O–H groups in total. The van der Waals surface area contributed by atoms with Gasteiger partial charge in [0, 0.05) is 31.1 Å². The summed E-state index contributed by atoms with van der Waals surface area (Å²) < 4.78 is 0. The molecule has 0 aromatic heterocycles. The topological polar surface area (TPSA) is 90.5 Å². The Morgan fingerprint density at radius 1 is 1.14 bits per heavy atom. The third-order valence-electron chi connectivity index (χ3n) is 6.00. The minimum Gasteiger partial charge on any atom is -0.322 e. The summed E-state index contributed by atoms with van der Waals surface area (Å²) in [6.45, 7) is 3.24. The van der Waals surface area contributed by atoms with E-state index in [1.807, 2.05) is 18.2 Å². The summed E-state index contributed by atoms with van der Waals surface area (Å²) in [6, 6.07) is 6.03. The Morgan fingerprint density at radius 2 is 2.04 bits per heavy atom. The first-order valence-electron chi connectivity index (χ1n) is 10.3. The van der Waals surface area contributed by atoms with Crippen LogP contribution in [0.15, 0.2) is 18.2 Å². The van der Waals surface area contributed by atoms with E-state index in [1.165, 1.54) is 19.3 Å². The number of piperidine rings is 2. The highest BCUT2D eigenvalue weighted by atomic mass is 16.2. The van der Waals surface area contributed by atoms with E-state index in [4.69, 9.17) is 0 Å². The third-order valence-corrected chi connectivity index (χ3v) is 6.00. The van der Waals surface area contributed by atoms with E-state index in [2.05, 4.69) is 16.0 Å². The van der Waals surface area contributed by atoms with E-state index < -0.39 is 6.04 Å². The molecule has 1 aromatic carbocycles. The normalized spacial score (nSPS) is 25.0. The van der Waals surface area contributed by atoms with E-state index in [1.54, 1.807) is 4.90 Å². The summed E-state index contributed by atoms with van der Waals surface area (Å²) in [5.41, 5.74) is 2.71. The molecule has 7 heteroatoms. The Labute approximate surface area is 165 Å². The molecule has 2 atom stereocenters. The molecule has 3 aliphatic heterocycles. The van der Waals surface area contributed by atoms with Gasteiger partial charge in [0.2, 0.25) is 11.8 Å². The molecule has 3 amide bonds. The SMILES string of the molecule is O=C1CCC(N2Cc3ccc(CNCCC4CCCCN4)cc3C2=O)C(=O)N1. The number of fused-ring (bicyclic) bond motifs is 1. The van der Waals surface area contributed by atoms with Crippen molar-refractivity contribution in [2.24, 2.45) is 0 Å². The van der Waals surface area contributed by atoms with Gasteiger partial charge in [0.1, 0.15) is 6.04 Å². The molecule has 150 valence electrons. The standard InChI is InChI=1S/C21H28N4O3/c26-19-7-6-18(20(27)24-19)25-13-15-5-4-14(11-17(15)21(25)28)12-22-10-8-16-3-1-2-9-23-16/h4-5,11,16,18,22-23H,1-3,6-10,12-13H2,(H,24,26,27). The van der Waals surface area contributed by atoms with E-state index in [9.17, 15) is 14.4 Å². The number of amides is 3. The van der Waals surface area contributed by atoms with Gasteiger partial charge in [-0.3, -0.25) is 19.7 Å². The fraction of sp³-hybridized carbons (Fsp3) is 0.571. The maximum absolute atomic E-state index is 12.8. The predicted molar refractivity (Wildman–Crippen MR) is 104 cm³/mol. The average molecular weight is 384 g/mol. The quantitative estimate of drug-likeness (QED) is 0.504. The number of nitrogens with one attached hydrogen (secondary N) is 3. The number of carbonyl (C=O) groups is 3. The van der Waals surface area contributed by atoms with Gasteiger partial charge in [0.05, 0.1) is 0 Å². The zero-order chi connectivity index (χ0) is 19.5. The lowest BCUT2D eigenvalue weighted by Crippen LogP contribution is -2.52. The van der Waals surface area contributed by atoms with Crippen LogP contribution < -0.4 is 16.0 Å². The van der Waals surface area contributed by atoms with Gasteiger partial charge >= 0.3 is 0 Å². The fourth-order valence-electron chi connectivity index (χ4n) is 4.39. The van der Waals surface area contributed by atoms with Crippen LogP contribution in [0.3, 0.4) is 0 Å². The molecule has 2 saturated heterocycles. The zero-order valence-corrected chi connectivity index (χ0v) is 16.1. The number of hydrogen-bond donors (Lipinski definition) is 3. The zero-order valence-electron chi connectivity index (χ0n) is 16.1. The highest BCUT2D eigenvalue weighted by Crippen LogP contribution is 2.28. The van der Waals surface area contributed by atoms with Gasteiger partial charge in [-0.25, -0.2) is 0 Å². The van der Waals surface area contributed by atoms with Crippen LogP contribution in [0, 0.1) is 0 Å². The summed E-state index contributed by atoms with van der Waals surface area (Å²) in [6.07, 6.45) is 5.64. The minimum atomic E-state index is -0.554. The van der Waals surface area contributed by atoms with E-state index in [0.717, 1.165) is 37.2 Å². The van der Waals surface area contributed by atoms with Crippen molar-refractivity contribution in [1.29, 1.82) is 0 Å². The number of nitrogens with zero attached hydrogens (tertiary/aromatic N) is 1. The van der Waals surface area contributed by atoms with Crippen molar-refractivity contribution in [2.45, 2.75) is 63.7 Å². The first kappa shape index (κ1) is 19.1. The monoisotopic (exact) mass is 384 g/mol. The molecule has 4 rings (SSSR count). The Morgan fingerprint density at radius 3 is 2.82 bits per heavy atom. The molecule has 3 heterocycles. The maximum Gasteiger partial charge on any atom is 0.255 e. The van der Waals surface area contributed by atoms with Crippen LogP contribution in [0.25, 0.3) is 0 Å². The smallest absolute Gasteiger partial charge is 0.255 e. The molecule has 0 saturated carbocycles. The molecule has 7 nitrogen and oxygen atoms in total. The van der Waals surface area contributed by atoms with Crippen LogP contribution in [0.2, 0.25) is 0 Å². The summed E-state index contributed by atoms with van der Waals surface area (Å²) in [5, 5.41) is 9.37. The fourth-order valence-corrected chi connectivity index (χ4v) is 4.39. The molecule has 0 spiro atoms. The van der Waals surface area contributed by atoms with E-state index >= 15 is 0 Å². The number of benzene rings is 1. The summed E-state index contributed by atoms with van der Waals surface area (Å²) in [4.78, 5) is 37.9. The van der Waals surface area contributed by atoms with Crippen molar-refractivity contribution < 1.29 is 14.4 Å². The Hall–Kier alpha value is -2.25. The molecule has 0 radical (unpaired) electrons. The molecule has 2 fully saturated rings. The number of carbonyl (C=O) groups excluding carboxylic acids is 3. The lowest BCUT2D eigenvalue weighted by atomic mass is 10.0. The van der Waals surface area contributed by atoms with Crippen molar-refractivity contribution in [1.82, 2.24) is 20.9 Å². The van der Waals surface area contributed by atoms with Crippen molar-refractivity contribution in [3.63, 3.8) is 0 Å². The van der Waals surface area contributed by atoms with Gasteiger partial charge in [-0.15, -0.1) is 0 Å². The summed E-state index contributed by atoms with van der Waals surface area (Å²) in [5.74, 6) is -0.740.